The topological polar surface area (TPSA) is 6.48 Å². The van der Waals surface area contributed by atoms with Crippen LogP contribution in [-0.2, 0) is 37.9 Å². The Morgan fingerprint density at radius 3 is 1.56 bits per heavy atom. The van der Waals surface area contributed by atoms with Crippen molar-refractivity contribution >= 4 is 91.2 Å². The zero-order valence-corrected chi connectivity index (χ0v) is 51.2. The molecule has 1 aromatic heterocycles. The van der Waals surface area contributed by atoms with E-state index in [0.717, 1.165) is 0 Å². The van der Waals surface area contributed by atoms with E-state index in [-0.39, 0.29) is 44.6 Å². The second kappa shape index (κ2) is 16.1. The summed E-state index contributed by atoms with van der Waals surface area (Å²) in [6, 6.07) is 40.8. The third-order valence-electron chi connectivity index (χ3n) is 20.0. The van der Waals surface area contributed by atoms with Crippen LogP contribution in [0.4, 0.5) is 34.1 Å². The fourth-order valence-corrected chi connectivity index (χ4v) is 17.1. The van der Waals surface area contributed by atoms with Crippen LogP contribution in [-0.4, -0.2) is 14.8 Å². The number of aryl methyl sites for hydroxylation is 1. The van der Waals surface area contributed by atoms with Crippen LogP contribution in [0.5, 0.6) is 0 Å². The van der Waals surface area contributed by atoms with Gasteiger partial charge in [0.25, 0.3) is 6.71 Å². The molecule has 6 aromatic carbocycles. The lowest BCUT2D eigenvalue weighted by atomic mass is 9.35. The van der Waals surface area contributed by atoms with Crippen LogP contribution in [0.25, 0.3) is 21.2 Å². The molecule has 3 heterocycles. The molecule has 0 radical (unpaired) electrons. The van der Waals surface area contributed by atoms with E-state index < -0.39 is 8.07 Å². The number of nitrogens with zero attached hydrogens (tertiary/aromatic N) is 2. The maximum Gasteiger partial charge on any atom is 0.264 e. The number of hydrogen-bond acceptors (Lipinski definition) is 3. The van der Waals surface area contributed by atoms with E-state index in [0.29, 0.717) is 0 Å². The zero-order valence-electron chi connectivity index (χ0n) is 49.4. The van der Waals surface area contributed by atoms with Gasteiger partial charge in [0.2, 0.25) is 0 Å². The minimum atomic E-state index is -1.73. The molecule has 0 N–H and O–H groups in total. The van der Waals surface area contributed by atoms with Crippen molar-refractivity contribution in [3.8, 4) is 11.1 Å². The van der Waals surface area contributed by atoms with Gasteiger partial charge in [0, 0.05) is 43.2 Å². The second-order valence-electron chi connectivity index (χ2n) is 30.3. The first-order valence-electron chi connectivity index (χ1n) is 28.7. The highest BCUT2D eigenvalue weighted by Crippen LogP contribution is 2.56. The highest BCUT2D eigenvalue weighted by Gasteiger charge is 2.49. The molecular weight excluding hydrogens is 940 g/mol. The molecule has 7 aromatic rings. The smallest absolute Gasteiger partial charge is 0.264 e. The van der Waals surface area contributed by atoms with Crippen LogP contribution in [0, 0.1) is 6.92 Å². The van der Waals surface area contributed by atoms with E-state index >= 15 is 0 Å². The van der Waals surface area contributed by atoms with Gasteiger partial charge in [-0.3, -0.25) is 0 Å². The number of thiophene rings is 1. The third kappa shape index (κ3) is 7.79. The Hall–Kier alpha value is -4.84. The predicted octanol–water partition coefficient (Wildman–Crippen LogP) is 17.8. The Labute approximate surface area is 457 Å². The molecule has 3 aliphatic carbocycles. The van der Waals surface area contributed by atoms with Gasteiger partial charge in [-0.1, -0.05) is 177 Å². The quantitative estimate of drug-likeness (QED) is 0.162. The maximum atomic E-state index is 2.79. The van der Waals surface area contributed by atoms with Crippen molar-refractivity contribution in [1.82, 2.24) is 0 Å². The Morgan fingerprint density at radius 1 is 0.493 bits per heavy atom. The van der Waals surface area contributed by atoms with Crippen molar-refractivity contribution < 1.29 is 0 Å². The predicted molar refractivity (Wildman–Crippen MR) is 334 cm³/mol. The van der Waals surface area contributed by atoms with E-state index in [4.69, 9.17) is 0 Å². The first-order valence-corrected chi connectivity index (χ1v) is 33.1. The molecule has 75 heavy (non-hydrogen) atoms. The Kier molecular flexibility index (Phi) is 11.0. The normalized spacial score (nSPS) is 20.2. The molecule has 2 aliphatic heterocycles. The number of benzene rings is 6. The van der Waals surface area contributed by atoms with Crippen LogP contribution in [0.2, 0.25) is 19.6 Å². The molecule has 0 amide bonds. The molecule has 0 atom stereocenters. The molecule has 2 nitrogen and oxygen atoms in total. The average Bonchev–Trinajstić information content (AvgIpc) is 3.77. The van der Waals surface area contributed by atoms with E-state index in [1.165, 1.54) is 159 Å². The van der Waals surface area contributed by atoms with E-state index in [1.54, 1.807) is 0 Å². The minimum Gasteiger partial charge on any atom is -0.311 e. The first-order chi connectivity index (χ1) is 34.8. The van der Waals surface area contributed by atoms with Crippen LogP contribution < -0.4 is 30.7 Å². The number of fused-ring (bicyclic) bond motifs is 9. The van der Waals surface area contributed by atoms with E-state index in [9.17, 15) is 0 Å². The summed E-state index contributed by atoms with van der Waals surface area (Å²) >= 11 is 2.09. The minimum absolute atomic E-state index is 0.0536. The average molecular weight is 1030 g/mol. The highest BCUT2D eigenvalue weighted by molar-refractivity contribution is 7.33. The molecule has 0 saturated carbocycles. The van der Waals surface area contributed by atoms with Crippen LogP contribution in [0.1, 0.15) is 187 Å². The lowest BCUT2D eigenvalue weighted by molar-refractivity contribution is 0.332. The fraction of sp³-hybridized carbons (Fsp3) is 0.457. The van der Waals surface area contributed by atoms with Gasteiger partial charge in [-0.25, -0.2) is 0 Å². The number of hydrogen-bond donors (Lipinski definition) is 0. The van der Waals surface area contributed by atoms with Crippen LogP contribution in [0.15, 0.2) is 97.1 Å². The molecule has 5 aliphatic rings. The van der Waals surface area contributed by atoms with Crippen molar-refractivity contribution in [2.24, 2.45) is 0 Å². The summed E-state index contributed by atoms with van der Waals surface area (Å²) in [5.74, 6) is 0. The monoisotopic (exact) mass is 1020 g/mol. The molecular formula is C70H85BN2SSi. The summed E-state index contributed by atoms with van der Waals surface area (Å²) in [4.78, 5) is 5.53. The van der Waals surface area contributed by atoms with E-state index in [2.05, 4.69) is 249 Å². The molecule has 0 saturated heterocycles. The van der Waals surface area contributed by atoms with Crippen molar-refractivity contribution in [3.05, 3.63) is 142 Å². The van der Waals surface area contributed by atoms with Gasteiger partial charge in [0.05, 0.1) is 19.4 Å². The summed E-state index contributed by atoms with van der Waals surface area (Å²) in [5.41, 5.74) is 25.8. The largest absolute Gasteiger partial charge is 0.311 e. The standard InChI is InChI=1S/C70H85BN2SSi/c1-42-34-58-61-59(35-42)73(56-27-25-46(75(17,18)19)37-47(56)43-20-22-44(23-21-43)64(2,3)4)62-48-38-51-54(70(15,16)33-30-67(51,9)10)41-60(48)74-63(62)71(61)55-39-52-53(69(13,14)32-31-68(52,11)12)40-57(55)72(58)45-24-26-49-50(36-45)66(7,8)29-28-65(49,5)6/h20-27,34-41H,28-33H2,1-19H3. The number of anilines is 6. The Morgan fingerprint density at radius 2 is 1.00 bits per heavy atom. The second-order valence-corrected chi connectivity index (χ2v) is 36.5. The van der Waals surface area contributed by atoms with Gasteiger partial charge < -0.3 is 9.80 Å². The van der Waals surface area contributed by atoms with Gasteiger partial charge in [-0.05, 0) is 193 Å². The van der Waals surface area contributed by atoms with Crippen LogP contribution >= 0.6 is 11.3 Å². The zero-order chi connectivity index (χ0) is 53.7. The molecule has 0 bridgehead atoms. The lowest BCUT2D eigenvalue weighted by Crippen LogP contribution is -2.61. The molecule has 0 unspecified atom stereocenters. The fourth-order valence-electron chi connectivity index (χ4n) is 14.6. The molecule has 0 fully saturated rings. The van der Waals surface area contributed by atoms with Gasteiger partial charge in [0.1, 0.15) is 0 Å². The summed E-state index contributed by atoms with van der Waals surface area (Å²) in [7, 11) is -1.73. The van der Waals surface area contributed by atoms with Gasteiger partial charge in [-0.15, -0.1) is 11.3 Å². The first kappa shape index (κ1) is 50.9. The molecule has 388 valence electrons. The third-order valence-corrected chi connectivity index (χ3v) is 23.3. The maximum absolute atomic E-state index is 2.79. The van der Waals surface area contributed by atoms with Gasteiger partial charge >= 0.3 is 0 Å². The van der Waals surface area contributed by atoms with Crippen molar-refractivity contribution in [3.63, 3.8) is 0 Å². The summed E-state index contributed by atoms with van der Waals surface area (Å²) < 4.78 is 2.89. The Balaban J connectivity index is 1.23. The van der Waals surface area contributed by atoms with E-state index in [1.807, 2.05) is 0 Å². The van der Waals surface area contributed by atoms with Crippen LogP contribution in [0.3, 0.4) is 0 Å². The molecule has 0 spiro atoms. The summed E-state index contributed by atoms with van der Waals surface area (Å²) in [6.45, 7) is 46.9. The highest BCUT2D eigenvalue weighted by atomic mass is 32.1. The SMILES string of the molecule is Cc1cc2c3c(c1)N(c1ccc([Si](C)(C)C)cc1-c1ccc(C(C)(C)C)cc1)c1c(sc4cc5c(cc14)C(C)(C)CCC5(C)C)B3c1cc3c(cc1N2c1ccc2c(c1)C(C)(C)CCC2(C)C)C(C)(C)CCC3(C)C. The van der Waals surface area contributed by atoms with Gasteiger partial charge in [0.15, 0.2) is 0 Å². The van der Waals surface area contributed by atoms with Crippen molar-refractivity contribution in [2.45, 2.75) is 207 Å². The molecule has 12 rings (SSSR count). The molecule has 5 heteroatoms. The summed E-state index contributed by atoms with van der Waals surface area (Å²) in [6.07, 6.45) is 7.14. The van der Waals surface area contributed by atoms with Crippen molar-refractivity contribution in [1.29, 1.82) is 0 Å². The Bertz CT molecular complexity index is 3550. The number of rotatable bonds is 4. The summed E-state index contributed by atoms with van der Waals surface area (Å²) in [5, 5.41) is 2.89. The van der Waals surface area contributed by atoms with Crippen molar-refractivity contribution in [2.75, 3.05) is 9.80 Å². The van der Waals surface area contributed by atoms with Gasteiger partial charge in [-0.2, -0.15) is 0 Å². The lowest BCUT2D eigenvalue weighted by Gasteiger charge is -2.47.